The smallest absolute Gasteiger partial charge is 0.0738 e. The van der Waals surface area contributed by atoms with Crippen molar-refractivity contribution < 1.29 is 4.74 Å². The summed E-state index contributed by atoms with van der Waals surface area (Å²) in [6.07, 6.45) is 2.00. The van der Waals surface area contributed by atoms with Crippen molar-refractivity contribution in [2.45, 2.75) is 45.8 Å². The Bertz CT molecular complexity index is 328. The maximum atomic E-state index is 5.62. The van der Waals surface area contributed by atoms with E-state index in [-0.39, 0.29) is 12.1 Å². The van der Waals surface area contributed by atoms with Crippen LogP contribution in [0.5, 0.6) is 0 Å². The summed E-state index contributed by atoms with van der Waals surface area (Å²) in [5, 5.41) is 0. The third-order valence-corrected chi connectivity index (χ3v) is 3.11. The number of hydrazine groups is 1. The van der Waals surface area contributed by atoms with E-state index in [1.165, 1.54) is 16.7 Å². The molecule has 0 bridgehead atoms. The second-order valence-corrected chi connectivity index (χ2v) is 4.66. The fraction of sp³-hybridized carbons (Fsp3) is 0.571. The second-order valence-electron chi connectivity index (χ2n) is 4.66. The first-order valence-electron chi connectivity index (χ1n) is 6.16. The molecule has 0 amide bonds. The molecule has 0 aromatic heterocycles. The summed E-state index contributed by atoms with van der Waals surface area (Å²) >= 11 is 0. The van der Waals surface area contributed by atoms with Gasteiger partial charge in [-0.3, -0.25) is 11.3 Å². The number of methoxy groups -OCH3 is 1. The summed E-state index contributed by atoms with van der Waals surface area (Å²) in [6.45, 7) is 6.35. The lowest BCUT2D eigenvalue weighted by molar-refractivity contribution is 0.0653. The number of hydrogen-bond acceptors (Lipinski definition) is 3. The lowest BCUT2D eigenvalue weighted by Crippen LogP contribution is -2.46. The maximum Gasteiger partial charge on any atom is 0.0738 e. The monoisotopic (exact) mass is 236 g/mol. The highest BCUT2D eigenvalue weighted by molar-refractivity contribution is 5.29. The van der Waals surface area contributed by atoms with Crippen LogP contribution in [0.25, 0.3) is 0 Å². The van der Waals surface area contributed by atoms with E-state index in [1.807, 2.05) is 0 Å². The molecule has 1 rings (SSSR count). The zero-order valence-electron chi connectivity index (χ0n) is 11.3. The molecule has 2 unspecified atom stereocenters. The van der Waals surface area contributed by atoms with E-state index in [9.17, 15) is 0 Å². The lowest BCUT2D eigenvalue weighted by atomic mass is 9.97. The van der Waals surface area contributed by atoms with Gasteiger partial charge in [-0.2, -0.15) is 0 Å². The summed E-state index contributed by atoms with van der Waals surface area (Å²) in [4.78, 5) is 0. The fourth-order valence-electron chi connectivity index (χ4n) is 2.35. The first-order valence-corrected chi connectivity index (χ1v) is 6.16. The summed E-state index contributed by atoms with van der Waals surface area (Å²) in [6, 6.07) is 6.76. The third kappa shape index (κ3) is 4.11. The molecular formula is C14H24N2O. The average molecular weight is 236 g/mol. The molecule has 96 valence electrons. The van der Waals surface area contributed by atoms with Gasteiger partial charge in [-0.05, 0) is 32.3 Å². The van der Waals surface area contributed by atoms with Crippen molar-refractivity contribution in [1.82, 2.24) is 5.43 Å². The van der Waals surface area contributed by atoms with E-state index in [4.69, 9.17) is 10.6 Å². The molecule has 0 saturated heterocycles. The first-order chi connectivity index (χ1) is 8.10. The van der Waals surface area contributed by atoms with Crippen molar-refractivity contribution >= 4 is 0 Å². The molecule has 0 radical (unpaired) electrons. The molecule has 0 aliphatic heterocycles. The van der Waals surface area contributed by atoms with E-state index in [0.29, 0.717) is 0 Å². The van der Waals surface area contributed by atoms with Crippen molar-refractivity contribution in [3.63, 3.8) is 0 Å². The zero-order chi connectivity index (χ0) is 12.8. The molecule has 0 saturated carbocycles. The molecular weight excluding hydrogens is 212 g/mol. The van der Waals surface area contributed by atoms with Gasteiger partial charge in [-0.15, -0.1) is 0 Å². The number of hydrogen-bond donors (Lipinski definition) is 2. The normalized spacial score (nSPS) is 14.6. The van der Waals surface area contributed by atoms with Crippen LogP contribution in [0.2, 0.25) is 0 Å². The van der Waals surface area contributed by atoms with Crippen molar-refractivity contribution in [2.24, 2.45) is 5.84 Å². The van der Waals surface area contributed by atoms with E-state index in [1.54, 1.807) is 7.11 Å². The summed E-state index contributed by atoms with van der Waals surface area (Å²) in [5.41, 5.74) is 6.76. The standard InChI is InChI=1S/C14H24N2O/c1-5-14(17-4)13(16-15)9-12-7-10(2)6-11(3)8-12/h6-8,13-14,16H,5,9,15H2,1-4H3. The van der Waals surface area contributed by atoms with Gasteiger partial charge in [0.1, 0.15) is 0 Å². The Kier molecular flexibility index (Phi) is 5.62. The fourth-order valence-corrected chi connectivity index (χ4v) is 2.35. The van der Waals surface area contributed by atoms with E-state index < -0.39 is 0 Å². The van der Waals surface area contributed by atoms with Crippen LogP contribution in [0.3, 0.4) is 0 Å². The molecule has 1 aromatic carbocycles. The van der Waals surface area contributed by atoms with Crippen LogP contribution in [-0.2, 0) is 11.2 Å². The Labute approximate surface area is 104 Å². The predicted octanol–water partition coefficient (Wildman–Crippen LogP) is 2.10. The van der Waals surface area contributed by atoms with Gasteiger partial charge in [0.2, 0.25) is 0 Å². The highest BCUT2D eigenvalue weighted by atomic mass is 16.5. The SMILES string of the molecule is CCC(OC)C(Cc1cc(C)cc(C)c1)NN. The van der Waals surface area contributed by atoms with Gasteiger partial charge in [-0.25, -0.2) is 0 Å². The van der Waals surface area contributed by atoms with Crippen LogP contribution >= 0.6 is 0 Å². The van der Waals surface area contributed by atoms with Crippen LogP contribution in [0.4, 0.5) is 0 Å². The Balaban J connectivity index is 2.79. The summed E-state index contributed by atoms with van der Waals surface area (Å²) in [7, 11) is 1.74. The van der Waals surface area contributed by atoms with Crippen LogP contribution in [0.15, 0.2) is 18.2 Å². The Morgan fingerprint density at radius 3 is 2.24 bits per heavy atom. The molecule has 2 atom stereocenters. The van der Waals surface area contributed by atoms with Crippen LogP contribution < -0.4 is 11.3 Å². The van der Waals surface area contributed by atoms with Gasteiger partial charge >= 0.3 is 0 Å². The minimum Gasteiger partial charge on any atom is -0.380 e. The number of nitrogens with one attached hydrogen (secondary N) is 1. The average Bonchev–Trinajstić information content (AvgIpc) is 2.27. The number of nitrogens with two attached hydrogens (primary N) is 1. The number of rotatable bonds is 6. The minimum atomic E-state index is 0.154. The van der Waals surface area contributed by atoms with Gasteiger partial charge in [0.25, 0.3) is 0 Å². The highest BCUT2D eigenvalue weighted by Crippen LogP contribution is 2.14. The van der Waals surface area contributed by atoms with Crippen LogP contribution in [-0.4, -0.2) is 19.3 Å². The van der Waals surface area contributed by atoms with Crippen LogP contribution in [0, 0.1) is 13.8 Å². The van der Waals surface area contributed by atoms with Crippen molar-refractivity contribution in [1.29, 1.82) is 0 Å². The molecule has 3 heteroatoms. The third-order valence-electron chi connectivity index (χ3n) is 3.11. The van der Waals surface area contributed by atoms with E-state index in [0.717, 1.165) is 12.8 Å². The lowest BCUT2D eigenvalue weighted by Gasteiger charge is -2.24. The molecule has 0 spiro atoms. The van der Waals surface area contributed by atoms with Gasteiger partial charge in [0, 0.05) is 7.11 Å². The Morgan fingerprint density at radius 2 is 1.82 bits per heavy atom. The first kappa shape index (κ1) is 14.2. The van der Waals surface area contributed by atoms with E-state index >= 15 is 0 Å². The number of aryl methyl sites for hydroxylation is 2. The molecule has 0 aliphatic rings. The molecule has 3 N–H and O–H groups in total. The van der Waals surface area contributed by atoms with Gasteiger partial charge in [0.05, 0.1) is 12.1 Å². The zero-order valence-corrected chi connectivity index (χ0v) is 11.3. The number of benzene rings is 1. The quantitative estimate of drug-likeness (QED) is 0.587. The summed E-state index contributed by atoms with van der Waals surface area (Å²) < 4.78 is 5.44. The topological polar surface area (TPSA) is 47.3 Å². The predicted molar refractivity (Wildman–Crippen MR) is 71.8 cm³/mol. The molecule has 0 aliphatic carbocycles. The van der Waals surface area contributed by atoms with Crippen LogP contribution in [0.1, 0.15) is 30.0 Å². The number of ether oxygens (including phenoxy) is 1. The highest BCUT2D eigenvalue weighted by Gasteiger charge is 2.18. The molecule has 0 heterocycles. The molecule has 1 aromatic rings. The van der Waals surface area contributed by atoms with Crippen molar-refractivity contribution in [3.8, 4) is 0 Å². The van der Waals surface area contributed by atoms with Gasteiger partial charge in [0.15, 0.2) is 0 Å². The van der Waals surface area contributed by atoms with E-state index in [2.05, 4.69) is 44.4 Å². The summed E-state index contributed by atoms with van der Waals surface area (Å²) in [5.74, 6) is 5.62. The Hall–Kier alpha value is -0.900. The van der Waals surface area contributed by atoms with Crippen molar-refractivity contribution in [3.05, 3.63) is 34.9 Å². The Morgan fingerprint density at radius 1 is 1.24 bits per heavy atom. The molecule has 0 fully saturated rings. The van der Waals surface area contributed by atoms with Crippen molar-refractivity contribution in [2.75, 3.05) is 7.11 Å². The second kappa shape index (κ2) is 6.74. The maximum absolute atomic E-state index is 5.62. The molecule has 17 heavy (non-hydrogen) atoms. The largest absolute Gasteiger partial charge is 0.380 e. The minimum absolute atomic E-state index is 0.154. The van der Waals surface area contributed by atoms with Gasteiger partial charge < -0.3 is 4.74 Å². The molecule has 3 nitrogen and oxygen atoms in total. The van der Waals surface area contributed by atoms with Gasteiger partial charge in [-0.1, -0.05) is 36.2 Å².